The Morgan fingerprint density at radius 1 is 1.16 bits per heavy atom. The van der Waals surface area contributed by atoms with E-state index in [9.17, 15) is 9.59 Å². The number of amides is 2. The molecule has 2 aromatic rings. The first-order valence-electron chi connectivity index (χ1n) is 10.00. The Morgan fingerprint density at radius 3 is 2.39 bits per heavy atom. The first-order valence-corrected chi connectivity index (χ1v) is 10.4. The molecule has 1 aliphatic rings. The van der Waals surface area contributed by atoms with Crippen LogP contribution in [0.5, 0.6) is 5.75 Å². The van der Waals surface area contributed by atoms with Gasteiger partial charge in [-0.05, 0) is 35.8 Å². The predicted octanol–water partition coefficient (Wildman–Crippen LogP) is 4.36. The normalized spacial score (nSPS) is 13.5. The summed E-state index contributed by atoms with van der Waals surface area (Å²) in [6, 6.07) is 10.9. The molecule has 0 aromatic heterocycles. The van der Waals surface area contributed by atoms with E-state index in [1.54, 1.807) is 35.1 Å². The molecule has 0 aliphatic carbocycles. The third-order valence-corrected chi connectivity index (χ3v) is 5.72. The van der Waals surface area contributed by atoms with Crippen molar-refractivity contribution in [3.05, 3.63) is 71.1 Å². The van der Waals surface area contributed by atoms with E-state index in [0.717, 1.165) is 16.7 Å². The molecule has 1 fully saturated rings. The summed E-state index contributed by atoms with van der Waals surface area (Å²) in [5, 5.41) is 0.547. The lowest BCUT2D eigenvalue weighted by atomic mass is 9.99. The number of ether oxygens (including phenoxy) is 1. The van der Waals surface area contributed by atoms with E-state index in [1.165, 1.54) is 6.08 Å². The Labute approximate surface area is 187 Å². The highest BCUT2D eigenvalue weighted by atomic mass is 35.5. The summed E-state index contributed by atoms with van der Waals surface area (Å²) < 4.78 is 5.48. The average molecular weight is 438 g/mol. The third-order valence-electron chi connectivity index (χ3n) is 5.40. The van der Waals surface area contributed by atoms with E-state index >= 15 is 0 Å². The van der Waals surface area contributed by atoms with E-state index in [1.807, 2.05) is 18.2 Å². The SMILES string of the molecule is [C-]#[N+]c1ccc(-c2cc(CCC(=O)N3CCN(C(=O)C=C)CC3)c(OC)cc2Cl)cc1. The van der Waals surface area contributed by atoms with Gasteiger partial charge in [-0.25, -0.2) is 4.85 Å². The molecule has 2 aromatic carbocycles. The maximum atomic E-state index is 12.7. The van der Waals surface area contributed by atoms with Gasteiger partial charge in [-0.15, -0.1) is 0 Å². The number of nitrogens with zero attached hydrogens (tertiary/aromatic N) is 3. The molecule has 0 unspecified atom stereocenters. The highest BCUT2D eigenvalue weighted by Crippen LogP contribution is 2.35. The van der Waals surface area contributed by atoms with Crippen molar-refractivity contribution in [2.45, 2.75) is 12.8 Å². The number of halogens is 1. The van der Waals surface area contributed by atoms with Crippen LogP contribution in [-0.4, -0.2) is 54.9 Å². The Bertz CT molecular complexity index is 1020. The first kappa shape index (κ1) is 22.4. The van der Waals surface area contributed by atoms with E-state index < -0.39 is 0 Å². The summed E-state index contributed by atoms with van der Waals surface area (Å²) in [5.74, 6) is 0.585. The van der Waals surface area contributed by atoms with Gasteiger partial charge in [-0.2, -0.15) is 0 Å². The number of methoxy groups -OCH3 is 1. The van der Waals surface area contributed by atoms with Crippen molar-refractivity contribution in [2.24, 2.45) is 0 Å². The van der Waals surface area contributed by atoms with Gasteiger partial charge in [0.1, 0.15) is 5.75 Å². The second kappa shape index (κ2) is 10.1. The quantitative estimate of drug-likeness (QED) is 0.498. The lowest BCUT2D eigenvalue weighted by Gasteiger charge is -2.34. The zero-order valence-corrected chi connectivity index (χ0v) is 18.2. The van der Waals surface area contributed by atoms with Gasteiger partial charge in [-0.1, -0.05) is 42.4 Å². The molecule has 0 spiro atoms. The summed E-state index contributed by atoms with van der Waals surface area (Å²) in [4.78, 5) is 31.3. The van der Waals surface area contributed by atoms with Gasteiger partial charge >= 0.3 is 0 Å². The maximum Gasteiger partial charge on any atom is 0.246 e. The van der Waals surface area contributed by atoms with Crippen molar-refractivity contribution in [1.29, 1.82) is 0 Å². The third kappa shape index (κ3) is 5.25. The molecule has 0 N–H and O–H groups in total. The predicted molar refractivity (Wildman–Crippen MR) is 121 cm³/mol. The van der Waals surface area contributed by atoms with Gasteiger partial charge in [0.15, 0.2) is 5.69 Å². The average Bonchev–Trinajstić information content (AvgIpc) is 2.82. The molecule has 0 radical (unpaired) electrons. The maximum absolute atomic E-state index is 12.7. The van der Waals surface area contributed by atoms with E-state index in [2.05, 4.69) is 11.4 Å². The molecule has 1 aliphatic heterocycles. The highest BCUT2D eigenvalue weighted by molar-refractivity contribution is 6.33. The van der Waals surface area contributed by atoms with E-state index in [4.69, 9.17) is 22.9 Å². The Hall–Kier alpha value is -3.30. The van der Waals surface area contributed by atoms with Gasteiger partial charge in [0.2, 0.25) is 11.8 Å². The van der Waals surface area contributed by atoms with Gasteiger partial charge in [0.25, 0.3) is 0 Å². The van der Waals surface area contributed by atoms with Crippen molar-refractivity contribution in [2.75, 3.05) is 33.3 Å². The molecule has 0 atom stereocenters. The van der Waals surface area contributed by atoms with Crippen LogP contribution in [-0.2, 0) is 16.0 Å². The smallest absolute Gasteiger partial charge is 0.246 e. The Balaban J connectivity index is 1.70. The van der Waals surface area contributed by atoms with Crippen molar-refractivity contribution in [3.8, 4) is 16.9 Å². The fourth-order valence-electron chi connectivity index (χ4n) is 3.63. The van der Waals surface area contributed by atoms with Gasteiger partial charge in [-0.3, -0.25) is 9.59 Å². The van der Waals surface area contributed by atoms with Crippen LogP contribution < -0.4 is 4.74 Å². The fraction of sp³-hybridized carbons (Fsp3) is 0.292. The van der Waals surface area contributed by atoms with Crippen LogP contribution >= 0.6 is 11.6 Å². The van der Waals surface area contributed by atoms with Crippen LogP contribution in [0, 0.1) is 6.57 Å². The minimum absolute atomic E-state index is 0.0469. The largest absolute Gasteiger partial charge is 0.496 e. The summed E-state index contributed by atoms with van der Waals surface area (Å²) in [5.41, 5.74) is 3.19. The first-order chi connectivity index (χ1) is 15.0. The molecule has 0 bridgehead atoms. The number of benzene rings is 2. The molecule has 3 rings (SSSR count). The standard InChI is InChI=1S/C24H24ClN3O3/c1-4-23(29)27-11-13-28(14-12-27)24(30)10-7-18-15-20(21(25)16-22(18)31-3)17-5-8-19(26-2)9-6-17/h4-6,8-9,15-16H,1,7,10-14H2,3H3. The molecule has 31 heavy (non-hydrogen) atoms. The molecule has 2 amide bonds. The summed E-state index contributed by atoms with van der Waals surface area (Å²) >= 11 is 6.47. The fourth-order valence-corrected chi connectivity index (χ4v) is 3.89. The van der Waals surface area contributed by atoms with Gasteiger partial charge in [0, 0.05) is 38.2 Å². The topological polar surface area (TPSA) is 54.2 Å². The van der Waals surface area contributed by atoms with Crippen molar-refractivity contribution in [3.63, 3.8) is 0 Å². The van der Waals surface area contributed by atoms with Crippen LogP contribution in [0.3, 0.4) is 0 Å². The van der Waals surface area contributed by atoms with Crippen molar-refractivity contribution in [1.82, 2.24) is 9.80 Å². The van der Waals surface area contributed by atoms with Crippen LogP contribution in [0.25, 0.3) is 16.0 Å². The number of hydrogen-bond donors (Lipinski definition) is 0. The minimum atomic E-state index is -0.102. The van der Waals surface area contributed by atoms with Gasteiger partial charge < -0.3 is 14.5 Å². The number of carbonyl (C=O) groups is 2. The summed E-state index contributed by atoms with van der Waals surface area (Å²) in [7, 11) is 1.58. The lowest BCUT2D eigenvalue weighted by molar-refractivity contribution is -0.137. The molecule has 1 saturated heterocycles. The lowest BCUT2D eigenvalue weighted by Crippen LogP contribution is -2.50. The molecule has 1 heterocycles. The van der Waals surface area contributed by atoms with Crippen LogP contribution in [0.15, 0.2) is 49.1 Å². The highest BCUT2D eigenvalue weighted by Gasteiger charge is 2.23. The second-order valence-corrected chi connectivity index (χ2v) is 7.62. The van der Waals surface area contributed by atoms with Crippen LogP contribution in [0.4, 0.5) is 5.69 Å². The zero-order valence-electron chi connectivity index (χ0n) is 17.4. The molecule has 0 saturated carbocycles. The molecule has 7 heteroatoms. The van der Waals surface area contributed by atoms with Gasteiger partial charge in [0.05, 0.1) is 18.7 Å². The number of rotatable bonds is 6. The van der Waals surface area contributed by atoms with Crippen LogP contribution in [0.1, 0.15) is 12.0 Å². The minimum Gasteiger partial charge on any atom is -0.496 e. The van der Waals surface area contributed by atoms with Crippen molar-refractivity contribution >= 4 is 29.1 Å². The van der Waals surface area contributed by atoms with E-state index in [-0.39, 0.29) is 11.8 Å². The monoisotopic (exact) mass is 437 g/mol. The molecule has 160 valence electrons. The molecular weight excluding hydrogens is 414 g/mol. The number of carbonyl (C=O) groups excluding carboxylic acids is 2. The van der Waals surface area contributed by atoms with Crippen LogP contribution in [0.2, 0.25) is 5.02 Å². The number of piperazine rings is 1. The summed E-state index contributed by atoms with van der Waals surface area (Å²) in [6.07, 6.45) is 2.15. The van der Waals surface area contributed by atoms with Crippen molar-refractivity contribution < 1.29 is 14.3 Å². The second-order valence-electron chi connectivity index (χ2n) is 7.21. The summed E-state index contributed by atoms with van der Waals surface area (Å²) in [6.45, 7) is 12.7. The zero-order chi connectivity index (χ0) is 22.4. The molecular formula is C24H24ClN3O3. The Kier molecular flexibility index (Phi) is 7.32. The van der Waals surface area contributed by atoms with E-state index in [0.29, 0.717) is 55.5 Å². The molecule has 6 nitrogen and oxygen atoms in total. The Morgan fingerprint density at radius 2 is 1.81 bits per heavy atom. The number of aryl methyl sites for hydroxylation is 1. The number of hydrogen-bond acceptors (Lipinski definition) is 3.